The largest absolute Gasteiger partial charge is 0.743 e. The van der Waals surface area contributed by atoms with Crippen LogP contribution in [0, 0.1) is 17.8 Å². The Balaban J connectivity index is 2.29. The second-order valence-electron chi connectivity index (χ2n) is 4.99. The maximum absolute atomic E-state index is 13.6. The van der Waals surface area contributed by atoms with Gasteiger partial charge in [-0.05, 0) is 31.1 Å². The first-order chi connectivity index (χ1) is 7.98. The van der Waals surface area contributed by atoms with Gasteiger partial charge < -0.3 is 9.66 Å². The molecule has 2 fully saturated rings. The molecule has 2 bridgehead atoms. The number of rotatable bonds is 3. The molecule has 0 aromatic carbocycles. The average Bonchev–Trinajstić information content (AvgIpc) is 2.73. The molecule has 2 rings (SSSR count). The molecule has 4 nitrogen and oxygen atoms in total. The third-order valence-corrected chi connectivity index (χ3v) is 4.89. The number of hydrogen-bond donors (Lipinski definition) is 1. The highest BCUT2D eigenvalue weighted by Gasteiger charge is 2.69. The molecule has 0 aromatic rings. The van der Waals surface area contributed by atoms with Gasteiger partial charge in [-0.15, -0.1) is 0 Å². The van der Waals surface area contributed by atoms with Crippen molar-refractivity contribution in [3.8, 4) is 0 Å². The summed E-state index contributed by atoms with van der Waals surface area (Å²) < 4.78 is 84.2. The molecule has 1 N–H and O–H groups in total. The minimum Gasteiger partial charge on any atom is -0.743 e. The zero-order chi connectivity index (χ0) is 13.9. The average molecular weight is 291 g/mol. The van der Waals surface area contributed by atoms with E-state index in [2.05, 4.69) is 0 Å². The quantitative estimate of drug-likeness (QED) is 0.625. The van der Waals surface area contributed by atoms with Crippen LogP contribution in [0.25, 0.3) is 0 Å². The minimum atomic E-state index is -6.42. The molecule has 9 heteroatoms. The third kappa shape index (κ3) is 1.75. The van der Waals surface area contributed by atoms with E-state index < -0.39 is 45.2 Å². The van der Waals surface area contributed by atoms with Crippen LogP contribution in [-0.2, 0) is 10.1 Å². The lowest BCUT2D eigenvalue weighted by molar-refractivity contribution is -0.205. The van der Waals surface area contributed by atoms with Gasteiger partial charge in [0.1, 0.15) is 0 Å². The van der Waals surface area contributed by atoms with Crippen molar-refractivity contribution in [3.05, 3.63) is 0 Å². The van der Waals surface area contributed by atoms with E-state index in [4.69, 9.17) is 0 Å². The smallest absolute Gasteiger partial charge is 0.396 e. The fraction of sp³-hybridized carbons (Fsp3) is 1.00. The van der Waals surface area contributed by atoms with E-state index in [1.165, 1.54) is 0 Å². The number of aliphatic hydroxyl groups excluding tert-OH is 1. The van der Waals surface area contributed by atoms with Gasteiger partial charge in [0, 0.05) is 5.92 Å². The fourth-order valence-corrected chi connectivity index (χ4v) is 3.56. The third-order valence-electron chi connectivity index (χ3n) is 3.99. The Labute approximate surface area is 101 Å². The summed E-state index contributed by atoms with van der Waals surface area (Å²) in [5.41, 5.74) is 0. The molecule has 0 aromatic heterocycles. The zero-order valence-corrected chi connectivity index (χ0v) is 9.84. The van der Waals surface area contributed by atoms with E-state index in [1.807, 2.05) is 0 Å². The zero-order valence-electron chi connectivity index (χ0n) is 9.02. The van der Waals surface area contributed by atoms with E-state index in [0.29, 0.717) is 0 Å². The SMILES string of the molecule is O=S(=O)([O-])C(F)(F)C(F)(F)C1CC2CC1CC2O. The predicted octanol–water partition coefficient (Wildman–Crippen LogP) is 1.17. The maximum Gasteiger partial charge on any atom is 0.396 e. The Bertz CT molecular complexity index is 447. The summed E-state index contributed by atoms with van der Waals surface area (Å²) in [5, 5.41) is 3.74. The van der Waals surface area contributed by atoms with Gasteiger partial charge in [-0.25, -0.2) is 8.42 Å². The summed E-state index contributed by atoms with van der Waals surface area (Å²) in [7, 11) is -6.42. The standard InChI is InChI=1S/C9H12F4O4S/c10-8(11,9(12,13)18(15,16)17)6-2-5-1-4(6)3-7(5)14/h4-7,14H,1-3H2,(H,15,16,17)/p-1. The van der Waals surface area contributed by atoms with Gasteiger partial charge in [0.2, 0.25) is 0 Å². The molecule has 0 aliphatic heterocycles. The van der Waals surface area contributed by atoms with Crippen LogP contribution in [0.15, 0.2) is 0 Å². The molecular weight excluding hydrogens is 280 g/mol. The first-order valence-electron chi connectivity index (χ1n) is 5.37. The molecule has 0 saturated heterocycles. The highest BCUT2D eigenvalue weighted by molar-refractivity contribution is 7.86. The molecule has 106 valence electrons. The van der Waals surface area contributed by atoms with Crippen molar-refractivity contribution in [2.75, 3.05) is 0 Å². The first kappa shape index (κ1) is 14.0. The van der Waals surface area contributed by atoms with Crippen molar-refractivity contribution in [1.29, 1.82) is 0 Å². The monoisotopic (exact) mass is 291 g/mol. The predicted molar refractivity (Wildman–Crippen MR) is 49.9 cm³/mol. The molecule has 2 aliphatic carbocycles. The Hall–Kier alpha value is -0.410. The van der Waals surface area contributed by atoms with Crippen LogP contribution in [-0.4, -0.2) is 35.4 Å². The summed E-state index contributed by atoms with van der Waals surface area (Å²) >= 11 is 0. The van der Waals surface area contributed by atoms with Gasteiger partial charge in [-0.3, -0.25) is 0 Å². The molecular formula is C9H11F4O4S-. The van der Waals surface area contributed by atoms with Crippen molar-refractivity contribution in [2.45, 2.75) is 36.5 Å². The van der Waals surface area contributed by atoms with E-state index in [1.54, 1.807) is 0 Å². The van der Waals surface area contributed by atoms with Crippen molar-refractivity contribution in [1.82, 2.24) is 0 Å². The lowest BCUT2D eigenvalue weighted by atomic mass is 9.83. The summed E-state index contributed by atoms with van der Waals surface area (Å²) in [6.45, 7) is 0. The lowest BCUT2D eigenvalue weighted by Crippen LogP contribution is -2.53. The van der Waals surface area contributed by atoms with Crippen molar-refractivity contribution in [3.63, 3.8) is 0 Å². The van der Waals surface area contributed by atoms with Gasteiger partial charge in [0.15, 0.2) is 10.1 Å². The van der Waals surface area contributed by atoms with Gasteiger partial charge in [0.25, 0.3) is 0 Å². The van der Waals surface area contributed by atoms with E-state index in [0.717, 1.165) is 0 Å². The molecule has 0 heterocycles. The molecule has 2 aliphatic rings. The second kappa shape index (κ2) is 3.80. The number of aliphatic hydroxyl groups is 1. The number of halogens is 4. The molecule has 0 spiro atoms. The minimum absolute atomic E-state index is 0.0556. The van der Waals surface area contributed by atoms with Gasteiger partial charge in [-0.1, -0.05) is 0 Å². The van der Waals surface area contributed by atoms with Crippen LogP contribution in [0.3, 0.4) is 0 Å². The molecule has 2 saturated carbocycles. The van der Waals surface area contributed by atoms with Crippen LogP contribution in [0.1, 0.15) is 19.3 Å². The summed E-state index contributed by atoms with van der Waals surface area (Å²) in [6.07, 6.45) is -1.08. The highest BCUT2D eigenvalue weighted by Crippen LogP contribution is 2.58. The van der Waals surface area contributed by atoms with Gasteiger partial charge >= 0.3 is 11.2 Å². The maximum atomic E-state index is 13.6. The molecule has 0 amide bonds. The first-order valence-corrected chi connectivity index (χ1v) is 6.78. The summed E-state index contributed by atoms with van der Waals surface area (Å²) in [4.78, 5) is 0. The lowest BCUT2D eigenvalue weighted by Gasteiger charge is -2.37. The van der Waals surface area contributed by atoms with Crippen molar-refractivity contribution < 1.29 is 35.6 Å². The van der Waals surface area contributed by atoms with Crippen LogP contribution in [0.2, 0.25) is 0 Å². The van der Waals surface area contributed by atoms with Crippen LogP contribution < -0.4 is 0 Å². The van der Waals surface area contributed by atoms with Crippen LogP contribution in [0.5, 0.6) is 0 Å². The second-order valence-corrected chi connectivity index (χ2v) is 6.42. The Morgan fingerprint density at radius 2 is 1.61 bits per heavy atom. The van der Waals surface area contributed by atoms with E-state index >= 15 is 0 Å². The Kier molecular flexibility index (Phi) is 2.95. The summed E-state index contributed by atoms with van der Waals surface area (Å²) in [6, 6.07) is 0. The Morgan fingerprint density at radius 3 is 1.94 bits per heavy atom. The number of fused-ring (bicyclic) bond motifs is 2. The molecule has 0 radical (unpaired) electrons. The van der Waals surface area contributed by atoms with Crippen LogP contribution >= 0.6 is 0 Å². The highest BCUT2D eigenvalue weighted by atomic mass is 32.2. The van der Waals surface area contributed by atoms with Gasteiger partial charge in [0.05, 0.1) is 6.10 Å². The number of hydrogen-bond acceptors (Lipinski definition) is 4. The van der Waals surface area contributed by atoms with Crippen LogP contribution in [0.4, 0.5) is 17.6 Å². The topological polar surface area (TPSA) is 77.4 Å². The molecule has 4 atom stereocenters. The fourth-order valence-electron chi connectivity index (χ4n) is 3.07. The molecule has 18 heavy (non-hydrogen) atoms. The van der Waals surface area contributed by atoms with E-state index in [-0.39, 0.29) is 19.3 Å². The summed E-state index contributed by atoms with van der Waals surface area (Å²) in [5.74, 6) is -8.15. The van der Waals surface area contributed by atoms with Crippen molar-refractivity contribution >= 4 is 10.1 Å². The normalized spacial score (nSPS) is 37.2. The van der Waals surface area contributed by atoms with Gasteiger partial charge in [-0.2, -0.15) is 17.6 Å². The Morgan fingerprint density at radius 1 is 1.06 bits per heavy atom. The van der Waals surface area contributed by atoms with E-state index in [9.17, 15) is 35.6 Å². The molecule has 4 unspecified atom stereocenters. The van der Waals surface area contributed by atoms with Crippen molar-refractivity contribution in [2.24, 2.45) is 17.8 Å². The number of alkyl halides is 4.